The van der Waals surface area contributed by atoms with E-state index in [4.69, 9.17) is 4.74 Å². The standard InChI is InChI=1S/C14H17NO2/c1-17-13-8-4-7-12(9-13)14(15-10-16)11-5-2-3-6-11/h4,7-9,11,14H,2-3,5-6H2,1H3. The molecule has 1 fully saturated rings. The molecular formula is C14H17NO2. The molecule has 0 aromatic heterocycles. The predicted molar refractivity (Wildman–Crippen MR) is 65.8 cm³/mol. The predicted octanol–water partition coefficient (Wildman–Crippen LogP) is 3.26. The van der Waals surface area contributed by atoms with Crippen LogP contribution < -0.4 is 4.74 Å². The molecule has 2 rings (SSSR count). The van der Waals surface area contributed by atoms with Crippen LogP contribution in [0.3, 0.4) is 0 Å². The van der Waals surface area contributed by atoms with E-state index in [1.165, 1.54) is 12.8 Å². The van der Waals surface area contributed by atoms with Crippen molar-refractivity contribution in [1.82, 2.24) is 0 Å². The molecule has 0 amide bonds. The smallest absolute Gasteiger partial charge is 0.235 e. The molecule has 0 spiro atoms. The molecule has 0 bridgehead atoms. The number of rotatable bonds is 4. The van der Waals surface area contributed by atoms with Crippen LogP contribution in [-0.4, -0.2) is 13.2 Å². The van der Waals surface area contributed by atoms with Crippen molar-refractivity contribution in [2.75, 3.05) is 7.11 Å². The first-order chi connectivity index (χ1) is 8.35. The van der Waals surface area contributed by atoms with Crippen molar-refractivity contribution >= 4 is 6.08 Å². The zero-order valence-electron chi connectivity index (χ0n) is 10.1. The van der Waals surface area contributed by atoms with Gasteiger partial charge in [-0.1, -0.05) is 25.0 Å². The maximum Gasteiger partial charge on any atom is 0.235 e. The van der Waals surface area contributed by atoms with Crippen molar-refractivity contribution in [3.8, 4) is 5.75 Å². The fraction of sp³-hybridized carbons (Fsp3) is 0.500. The summed E-state index contributed by atoms with van der Waals surface area (Å²) in [5.41, 5.74) is 1.06. The number of carbonyl (C=O) groups excluding carboxylic acids is 1. The van der Waals surface area contributed by atoms with Crippen LogP contribution in [0.1, 0.15) is 37.3 Å². The fourth-order valence-corrected chi connectivity index (χ4v) is 2.61. The summed E-state index contributed by atoms with van der Waals surface area (Å²) in [5, 5.41) is 0. The first-order valence-corrected chi connectivity index (χ1v) is 6.06. The number of methoxy groups -OCH3 is 1. The molecule has 0 N–H and O–H groups in total. The summed E-state index contributed by atoms with van der Waals surface area (Å²) in [6, 6.07) is 7.76. The number of ether oxygens (including phenoxy) is 1. The molecule has 0 radical (unpaired) electrons. The third-order valence-electron chi connectivity index (χ3n) is 3.47. The summed E-state index contributed by atoms with van der Waals surface area (Å²) in [4.78, 5) is 14.6. The van der Waals surface area contributed by atoms with E-state index in [9.17, 15) is 4.79 Å². The molecule has 3 heteroatoms. The number of isocyanates is 1. The summed E-state index contributed by atoms with van der Waals surface area (Å²) < 4.78 is 5.21. The van der Waals surface area contributed by atoms with Crippen LogP contribution in [0.15, 0.2) is 29.3 Å². The molecular weight excluding hydrogens is 214 g/mol. The van der Waals surface area contributed by atoms with Gasteiger partial charge in [0.1, 0.15) is 5.75 Å². The highest BCUT2D eigenvalue weighted by atomic mass is 16.5. The van der Waals surface area contributed by atoms with Gasteiger partial charge in [-0.2, -0.15) is 4.99 Å². The highest BCUT2D eigenvalue weighted by molar-refractivity contribution is 5.37. The highest BCUT2D eigenvalue weighted by Gasteiger charge is 2.26. The van der Waals surface area contributed by atoms with Crippen LogP contribution in [0.4, 0.5) is 0 Å². The summed E-state index contributed by atoms with van der Waals surface area (Å²) in [6.07, 6.45) is 6.48. The lowest BCUT2D eigenvalue weighted by Gasteiger charge is -2.18. The van der Waals surface area contributed by atoms with Gasteiger partial charge in [0, 0.05) is 0 Å². The maximum absolute atomic E-state index is 10.6. The van der Waals surface area contributed by atoms with Crippen molar-refractivity contribution in [2.45, 2.75) is 31.7 Å². The van der Waals surface area contributed by atoms with E-state index in [-0.39, 0.29) is 6.04 Å². The quantitative estimate of drug-likeness (QED) is 0.589. The number of aliphatic imine (C=N–C) groups is 1. The third kappa shape index (κ3) is 2.75. The van der Waals surface area contributed by atoms with Gasteiger partial charge in [-0.25, -0.2) is 4.79 Å². The molecule has 0 heterocycles. The second-order valence-electron chi connectivity index (χ2n) is 4.49. The fourth-order valence-electron chi connectivity index (χ4n) is 2.61. The van der Waals surface area contributed by atoms with Gasteiger partial charge in [0.2, 0.25) is 6.08 Å². The van der Waals surface area contributed by atoms with E-state index < -0.39 is 0 Å². The Morgan fingerprint density at radius 1 is 1.41 bits per heavy atom. The van der Waals surface area contributed by atoms with Crippen LogP contribution in [0, 0.1) is 5.92 Å². The summed E-state index contributed by atoms with van der Waals surface area (Å²) in [6.45, 7) is 0. The molecule has 1 aliphatic rings. The van der Waals surface area contributed by atoms with E-state index in [0.29, 0.717) is 5.92 Å². The van der Waals surface area contributed by atoms with Crippen LogP contribution in [0.2, 0.25) is 0 Å². The van der Waals surface area contributed by atoms with Gasteiger partial charge in [0.05, 0.1) is 13.2 Å². The van der Waals surface area contributed by atoms with Gasteiger partial charge in [0.15, 0.2) is 0 Å². The van der Waals surface area contributed by atoms with E-state index in [0.717, 1.165) is 24.2 Å². The van der Waals surface area contributed by atoms with Crippen molar-refractivity contribution in [3.63, 3.8) is 0 Å². The van der Waals surface area contributed by atoms with Crippen molar-refractivity contribution in [2.24, 2.45) is 10.9 Å². The second-order valence-corrected chi connectivity index (χ2v) is 4.49. The Hall–Kier alpha value is -1.60. The average molecular weight is 231 g/mol. The zero-order chi connectivity index (χ0) is 12.1. The number of hydrogen-bond acceptors (Lipinski definition) is 3. The molecule has 1 aliphatic carbocycles. The van der Waals surface area contributed by atoms with E-state index in [1.807, 2.05) is 24.3 Å². The number of hydrogen-bond donors (Lipinski definition) is 0. The van der Waals surface area contributed by atoms with Gasteiger partial charge in [-0.15, -0.1) is 0 Å². The minimum atomic E-state index is -0.0508. The van der Waals surface area contributed by atoms with Gasteiger partial charge in [-0.05, 0) is 36.5 Å². The molecule has 0 saturated heterocycles. The second kappa shape index (κ2) is 5.65. The minimum Gasteiger partial charge on any atom is -0.497 e. The Bertz CT molecular complexity index is 418. The van der Waals surface area contributed by atoms with Crippen LogP contribution in [-0.2, 0) is 4.79 Å². The molecule has 1 saturated carbocycles. The first-order valence-electron chi connectivity index (χ1n) is 6.06. The number of benzene rings is 1. The van der Waals surface area contributed by atoms with Crippen LogP contribution in [0.5, 0.6) is 5.75 Å². The van der Waals surface area contributed by atoms with Crippen molar-refractivity contribution in [1.29, 1.82) is 0 Å². The first kappa shape index (κ1) is 11.9. The monoisotopic (exact) mass is 231 g/mol. The molecule has 0 aliphatic heterocycles. The molecule has 3 nitrogen and oxygen atoms in total. The van der Waals surface area contributed by atoms with Gasteiger partial charge in [-0.3, -0.25) is 0 Å². The molecule has 90 valence electrons. The molecule has 17 heavy (non-hydrogen) atoms. The lowest BCUT2D eigenvalue weighted by Crippen LogP contribution is -2.07. The van der Waals surface area contributed by atoms with Crippen LogP contribution >= 0.6 is 0 Å². The van der Waals surface area contributed by atoms with Crippen LogP contribution in [0.25, 0.3) is 0 Å². The zero-order valence-corrected chi connectivity index (χ0v) is 10.1. The largest absolute Gasteiger partial charge is 0.497 e. The van der Waals surface area contributed by atoms with Crippen molar-refractivity contribution in [3.05, 3.63) is 29.8 Å². The Morgan fingerprint density at radius 3 is 2.82 bits per heavy atom. The van der Waals surface area contributed by atoms with Gasteiger partial charge >= 0.3 is 0 Å². The summed E-state index contributed by atoms with van der Waals surface area (Å²) in [7, 11) is 1.65. The van der Waals surface area contributed by atoms with E-state index in [1.54, 1.807) is 13.2 Å². The van der Waals surface area contributed by atoms with E-state index in [2.05, 4.69) is 4.99 Å². The Labute approximate surface area is 102 Å². The van der Waals surface area contributed by atoms with Gasteiger partial charge < -0.3 is 4.74 Å². The van der Waals surface area contributed by atoms with Gasteiger partial charge in [0.25, 0.3) is 0 Å². The van der Waals surface area contributed by atoms with E-state index >= 15 is 0 Å². The Morgan fingerprint density at radius 2 is 2.18 bits per heavy atom. The molecule has 1 aromatic rings. The SMILES string of the molecule is COc1cccc(C(N=C=O)C2CCCC2)c1. The Balaban J connectivity index is 2.27. The normalized spacial score (nSPS) is 17.5. The lowest BCUT2D eigenvalue weighted by atomic mass is 9.92. The topological polar surface area (TPSA) is 38.7 Å². The molecule has 1 unspecified atom stereocenters. The summed E-state index contributed by atoms with van der Waals surface area (Å²) >= 11 is 0. The lowest BCUT2D eigenvalue weighted by molar-refractivity contribution is 0.409. The third-order valence-corrected chi connectivity index (χ3v) is 3.47. The minimum absolute atomic E-state index is 0.0508. The maximum atomic E-state index is 10.6. The highest BCUT2D eigenvalue weighted by Crippen LogP contribution is 2.38. The average Bonchev–Trinajstić information content (AvgIpc) is 2.89. The summed E-state index contributed by atoms with van der Waals surface area (Å²) in [5.74, 6) is 1.29. The van der Waals surface area contributed by atoms with Crippen molar-refractivity contribution < 1.29 is 9.53 Å². The molecule has 1 atom stereocenters. The number of nitrogens with zero attached hydrogens (tertiary/aromatic N) is 1. The molecule has 1 aromatic carbocycles. The Kier molecular flexibility index (Phi) is 3.94.